The van der Waals surface area contributed by atoms with Crippen molar-refractivity contribution in [3.05, 3.63) is 23.4 Å². The summed E-state index contributed by atoms with van der Waals surface area (Å²) in [6.45, 7) is 1.75. The van der Waals surface area contributed by atoms with Crippen LogP contribution in [0.2, 0.25) is 5.02 Å². The number of imidazole rings is 1. The summed E-state index contributed by atoms with van der Waals surface area (Å²) in [7, 11) is 1.60. The largest absolute Gasteiger partial charge is 0.441 e. The molecule has 1 saturated carbocycles. The number of benzene rings is 1. The van der Waals surface area contributed by atoms with Gasteiger partial charge < -0.3 is 46.5 Å². The average Bonchev–Trinajstić information content (AvgIpc) is 3.47. The zero-order valence-corrected chi connectivity index (χ0v) is 21.4. The number of nitrogen functional groups attached to an aromatic ring is 2. The molecular formula is C23H29ClN10O4. The number of nitrogens with two attached hydrogens (primary N) is 2. The molecule has 2 aromatic heterocycles. The van der Waals surface area contributed by atoms with Crippen molar-refractivity contribution in [2.75, 3.05) is 60.4 Å². The molecule has 3 aromatic rings. The maximum atomic E-state index is 12.3. The van der Waals surface area contributed by atoms with Crippen LogP contribution in [0.5, 0.6) is 0 Å². The van der Waals surface area contributed by atoms with E-state index in [0.717, 1.165) is 12.8 Å². The number of amides is 1. The molecule has 1 amide bonds. The highest BCUT2D eigenvalue weighted by molar-refractivity contribution is 6.36. The third-order valence-electron chi connectivity index (χ3n) is 6.72. The summed E-state index contributed by atoms with van der Waals surface area (Å²) < 4.78 is 17.6. The number of anilines is 6. The fourth-order valence-corrected chi connectivity index (χ4v) is 4.78. The normalized spacial score (nSPS) is 21.4. The maximum Gasteiger partial charge on any atom is 0.407 e. The molecule has 4 heterocycles. The van der Waals surface area contributed by atoms with E-state index >= 15 is 0 Å². The van der Waals surface area contributed by atoms with E-state index in [1.54, 1.807) is 19.2 Å². The second kappa shape index (κ2) is 9.85. The van der Waals surface area contributed by atoms with Crippen molar-refractivity contribution in [3.8, 4) is 0 Å². The predicted octanol–water partition coefficient (Wildman–Crippen LogP) is 1.59. The van der Waals surface area contributed by atoms with Gasteiger partial charge in [-0.15, -0.1) is 5.10 Å². The molecule has 0 radical (unpaired) electrons. The number of carbonyl (C=O) groups excluding carboxylic acids is 1. The highest BCUT2D eigenvalue weighted by Gasteiger charge is 2.36. The Morgan fingerprint density at radius 1 is 1.24 bits per heavy atom. The molecule has 202 valence electrons. The summed E-state index contributed by atoms with van der Waals surface area (Å²) in [5.74, 6) is 1.24. The zero-order chi connectivity index (χ0) is 26.4. The molecule has 3 aliphatic rings. The van der Waals surface area contributed by atoms with Crippen molar-refractivity contribution in [1.29, 1.82) is 0 Å². The number of aromatic nitrogens is 4. The second-order valence-electron chi connectivity index (χ2n) is 9.64. The van der Waals surface area contributed by atoms with Crippen molar-refractivity contribution in [3.63, 3.8) is 0 Å². The fourth-order valence-electron chi connectivity index (χ4n) is 4.51. The number of rotatable bonds is 8. The Bertz CT molecular complexity index is 1360. The van der Waals surface area contributed by atoms with E-state index in [2.05, 4.69) is 31.0 Å². The van der Waals surface area contributed by atoms with Crippen LogP contribution >= 0.6 is 11.6 Å². The quantitative estimate of drug-likeness (QED) is 0.259. The fraction of sp³-hybridized carbons (Fsp3) is 0.478. The smallest absolute Gasteiger partial charge is 0.407 e. The summed E-state index contributed by atoms with van der Waals surface area (Å²) in [4.78, 5) is 23.3. The lowest BCUT2D eigenvalue weighted by atomic mass is 10.2. The van der Waals surface area contributed by atoms with Crippen molar-refractivity contribution in [2.24, 2.45) is 0 Å². The Kier molecular flexibility index (Phi) is 6.37. The molecule has 1 aliphatic carbocycles. The summed E-state index contributed by atoms with van der Waals surface area (Å²) in [5.41, 5.74) is 14.6. The van der Waals surface area contributed by atoms with Crippen molar-refractivity contribution in [2.45, 2.75) is 37.1 Å². The molecule has 0 spiro atoms. The molecule has 1 aromatic carbocycles. The van der Waals surface area contributed by atoms with Gasteiger partial charge in [0.25, 0.3) is 0 Å². The SMILES string of the molecule is CO[C@@H]1CN(c2cc(N)cc(Nc3nc(NC4CC4)c4ncc(N)n4n3)c2Cl)C[C@@H]1NC(=O)OC1COC1. The highest BCUT2D eigenvalue weighted by Crippen LogP contribution is 2.39. The van der Waals surface area contributed by atoms with Gasteiger partial charge in [0, 0.05) is 31.9 Å². The molecule has 0 unspecified atom stereocenters. The molecule has 2 atom stereocenters. The molecular weight excluding hydrogens is 516 g/mol. The maximum absolute atomic E-state index is 12.3. The van der Waals surface area contributed by atoms with Gasteiger partial charge in [-0.05, 0) is 25.0 Å². The lowest BCUT2D eigenvalue weighted by Crippen LogP contribution is -2.47. The Labute approximate surface area is 222 Å². The van der Waals surface area contributed by atoms with E-state index in [1.807, 2.05) is 4.90 Å². The van der Waals surface area contributed by atoms with Gasteiger partial charge in [0.2, 0.25) is 5.95 Å². The van der Waals surface area contributed by atoms with Crippen LogP contribution in [0.25, 0.3) is 5.65 Å². The number of fused-ring (bicyclic) bond motifs is 1. The number of carbonyl (C=O) groups is 1. The van der Waals surface area contributed by atoms with Crippen molar-refractivity contribution >= 4 is 58.0 Å². The van der Waals surface area contributed by atoms with E-state index in [9.17, 15) is 4.79 Å². The Morgan fingerprint density at radius 2 is 2.05 bits per heavy atom. The van der Waals surface area contributed by atoms with Crippen LogP contribution < -0.4 is 32.3 Å². The topological polar surface area (TPSA) is 179 Å². The number of nitrogens with one attached hydrogen (secondary N) is 3. The predicted molar refractivity (Wildman–Crippen MR) is 142 cm³/mol. The summed E-state index contributed by atoms with van der Waals surface area (Å²) >= 11 is 6.87. The lowest BCUT2D eigenvalue weighted by molar-refractivity contribution is -0.0988. The van der Waals surface area contributed by atoms with Crippen LogP contribution in [-0.2, 0) is 14.2 Å². The van der Waals surface area contributed by atoms with Gasteiger partial charge in [-0.25, -0.2) is 9.78 Å². The summed E-state index contributed by atoms with van der Waals surface area (Å²) in [6.07, 6.45) is 2.68. The molecule has 6 rings (SSSR count). The molecule has 0 bridgehead atoms. The molecule has 15 heteroatoms. The molecule has 3 fully saturated rings. The summed E-state index contributed by atoms with van der Waals surface area (Å²) in [5, 5.41) is 14.4. The lowest BCUT2D eigenvalue weighted by Gasteiger charge is -2.27. The van der Waals surface area contributed by atoms with Gasteiger partial charge in [-0.3, -0.25) is 0 Å². The zero-order valence-electron chi connectivity index (χ0n) is 20.7. The van der Waals surface area contributed by atoms with E-state index < -0.39 is 6.09 Å². The van der Waals surface area contributed by atoms with Crippen LogP contribution in [0.3, 0.4) is 0 Å². The summed E-state index contributed by atoms with van der Waals surface area (Å²) in [6, 6.07) is 3.53. The Morgan fingerprint density at radius 3 is 2.76 bits per heavy atom. The third kappa shape index (κ3) is 4.89. The van der Waals surface area contributed by atoms with Crippen LogP contribution in [0.4, 0.5) is 39.4 Å². The second-order valence-corrected chi connectivity index (χ2v) is 10.0. The standard InChI is InChI=1S/C23H29ClN10O4/c1-36-17-8-33(7-15(17)30-23(35)38-13-9-37-10-13)16-5-11(25)4-14(19(16)24)29-22-31-20(28-12-2-3-12)21-27-6-18(26)34(21)32-22/h4-6,12-13,15,17H,2-3,7-10,25-26H2,1H3,(H,30,35)(H2,28,29,31,32)/t15-,17+/m0/s1. The Balaban J connectivity index is 1.23. The van der Waals surface area contributed by atoms with Gasteiger partial charge >= 0.3 is 6.09 Å². The van der Waals surface area contributed by atoms with Gasteiger partial charge in [0.1, 0.15) is 5.82 Å². The first-order valence-electron chi connectivity index (χ1n) is 12.3. The highest BCUT2D eigenvalue weighted by atomic mass is 35.5. The number of hydrogen-bond donors (Lipinski definition) is 5. The van der Waals surface area contributed by atoms with Gasteiger partial charge in [0.05, 0.1) is 48.0 Å². The molecule has 38 heavy (non-hydrogen) atoms. The van der Waals surface area contributed by atoms with E-state index in [4.69, 9.17) is 37.3 Å². The monoisotopic (exact) mass is 544 g/mol. The molecule has 2 aliphatic heterocycles. The number of nitrogens with zero attached hydrogens (tertiary/aromatic N) is 5. The van der Waals surface area contributed by atoms with E-state index in [-0.39, 0.29) is 24.2 Å². The van der Waals surface area contributed by atoms with Crippen LogP contribution in [0, 0.1) is 0 Å². The number of halogens is 1. The Hall–Kier alpha value is -3.75. The minimum Gasteiger partial charge on any atom is -0.441 e. The van der Waals surface area contributed by atoms with Crippen molar-refractivity contribution < 1.29 is 19.0 Å². The van der Waals surface area contributed by atoms with Crippen LogP contribution in [0.15, 0.2) is 18.3 Å². The van der Waals surface area contributed by atoms with Gasteiger partial charge in [-0.2, -0.15) is 9.50 Å². The number of methoxy groups -OCH3 is 1. The van der Waals surface area contributed by atoms with Crippen molar-refractivity contribution in [1.82, 2.24) is 24.9 Å². The molecule has 7 N–H and O–H groups in total. The van der Waals surface area contributed by atoms with E-state index in [0.29, 0.717) is 71.7 Å². The number of ether oxygens (including phenoxy) is 3. The minimum atomic E-state index is -0.504. The molecule has 14 nitrogen and oxygen atoms in total. The molecule has 2 saturated heterocycles. The number of alkyl carbamates (subject to hydrolysis) is 1. The first kappa shape index (κ1) is 24.6. The van der Waals surface area contributed by atoms with Gasteiger partial charge in [-0.1, -0.05) is 11.6 Å². The third-order valence-corrected chi connectivity index (χ3v) is 7.12. The average molecular weight is 545 g/mol. The van der Waals surface area contributed by atoms with Crippen LogP contribution in [-0.4, -0.2) is 83.4 Å². The number of hydrogen-bond acceptors (Lipinski definition) is 12. The first-order chi connectivity index (χ1) is 18.4. The first-order valence-corrected chi connectivity index (χ1v) is 12.7. The van der Waals surface area contributed by atoms with Crippen LogP contribution in [0.1, 0.15) is 12.8 Å². The minimum absolute atomic E-state index is 0.218. The van der Waals surface area contributed by atoms with Gasteiger partial charge in [0.15, 0.2) is 17.6 Å². The van der Waals surface area contributed by atoms with E-state index in [1.165, 1.54) is 10.7 Å².